The maximum Gasteiger partial charge on any atom is 0.234 e. The smallest absolute Gasteiger partial charge is 0.234 e. The predicted molar refractivity (Wildman–Crippen MR) is 135 cm³/mol. The molecule has 0 radical (unpaired) electrons. The average Bonchev–Trinajstić information content (AvgIpc) is 3.16. The Bertz CT molecular complexity index is 1260. The Morgan fingerprint density at radius 1 is 1.06 bits per heavy atom. The summed E-state index contributed by atoms with van der Waals surface area (Å²) in [6.45, 7) is 6.82. The van der Waals surface area contributed by atoms with Crippen LogP contribution in [0.25, 0.3) is 10.8 Å². The number of aryl methyl sites for hydroxylation is 2. The van der Waals surface area contributed by atoms with Gasteiger partial charge in [-0.2, -0.15) is 0 Å². The van der Waals surface area contributed by atoms with Crippen molar-refractivity contribution in [3.05, 3.63) is 81.6 Å². The molecule has 4 rings (SSSR count). The minimum Gasteiger partial charge on any atom is -0.325 e. The van der Waals surface area contributed by atoms with Gasteiger partial charge in [-0.05, 0) is 60.4 Å². The second-order valence-corrected chi connectivity index (χ2v) is 9.57. The van der Waals surface area contributed by atoms with Gasteiger partial charge in [0.25, 0.3) is 0 Å². The van der Waals surface area contributed by atoms with Crippen molar-refractivity contribution in [3.8, 4) is 0 Å². The zero-order valence-corrected chi connectivity index (χ0v) is 20.8. The van der Waals surface area contributed by atoms with Crippen LogP contribution in [0.5, 0.6) is 0 Å². The van der Waals surface area contributed by atoms with Crippen molar-refractivity contribution in [1.29, 1.82) is 0 Å². The zero-order valence-electron chi connectivity index (χ0n) is 18.4. The number of nitrogens with one attached hydrogen (secondary N) is 1. The molecule has 0 spiro atoms. The summed E-state index contributed by atoms with van der Waals surface area (Å²) < 4.78 is 3.10. The number of amides is 1. The Hall–Kier alpha value is -2.64. The molecule has 0 aliphatic carbocycles. The summed E-state index contributed by atoms with van der Waals surface area (Å²) in [4.78, 5) is 12.6. The number of thioether (sulfide) groups is 1. The topological polar surface area (TPSA) is 59.8 Å². The molecule has 0 atom stereocenters. The Balaban J connectivity index is 1.47. The van der Waals surface area contributed by atoms with Crippen LogP contribution in [0.2, 0.25) is 0 Å². The molecule has 1 heterocycles. The van der Waals surface area contributed by atoms with Crippen LogP contribution in [0, 0.1) is 13.8 Å². The lowest BCUT2D eigenvalue weighted by Gasteiger charge is -2.12. The lowest BCUT2D eigenvalue weighted by atomic mass is 10.0. The molecule has 32 heavy (non-hydrogen) atoms. The number of aromatic nitrogens is 3. The molecule has 3 aromatic carbocycles. The van der Waals surface area contributed by atoms with Crippen molar-refractivity contribution in [3.63, 3.8) is 0 Å². The van der Waals surface area contributed by atoms with Gasteiger partial charge in [-0.3, -0.25) is 4.79 Å². The molecule has 164 valence electrons. The van der Waals surface area contributed by atoms with E-state index in [9.17, 15) is 4.79 Å². The largest absolute Gasteiger partial charge is 0.325 e. The van der Waals surface area contributed by atoms with Crippen LogP contribution >= 0.6 is 27.7 Å². The molecule has 1 N–H and O–H groups in total. The number of rotatable bonds is 7. The molecule has 0 bridgehead atoms. The second kappa shape index (κ2) is 9.88. The van der Waals surface area contributed by atoms with Gasteiger partial charge in [0.1, 0.15) is 5.82 Å². The van der Waals surface area contributed by atoms with Crippen molar-refractivity contribution in [2.45, 2.75) is 38.9 Å². The fourth-order valence-electron chi connectivity index (χ4n) is 3.90. The van der Waals surface area contributed by atoms with E-state index in [-0.39, 0.29) is 11.7 Å². The summed E-state index contributed by atoms with van der Waals surface area (Å²) in [5.74, 6) is 1.14. The van der Waals surface area contributed by atoms with Crippen LogP contribution in [-0.4, -0.2) is 26.4 Å². The number of carbonyl (C=O) groups is 1. The number of halogens is 1. The van der Waals surface area contributed by atoms with Crippen LogP contribution in [0.15, 0.2) is 64.2 Å². The van der Waals surface area contributed by atoms with Crippen LogP contribution in [-0.2, 0) is 17.8 Å². The van der Waals surface area contributed by atoms with Crippen LogP contribution in [0.3, 0.4) is 0 Å². The highest BCUT2D eigenvalue weighted by molar-refractivity contribution is 9.10. The zero-order chi connectivity index (χ0) is 22.7. The van der Waals surface area contributed by atoms with Gasteiger partial charge in [-0.15, -0.1) is 10.2 Å². The monoisotopic (exact) mass is 508 g/mol. The highest BCUT2D eigenvalue weighted by Gasteiger charge is 2.15. The van der Waals surface area contributed by atoms with Gasteiger partial charge in [0, 0.05) is 23.1 Å². The number of hydrogen-bond acceptors (Lipinski definition) is 4. The summed E-state index contributed by atoms with van der Waals surface area (Å²) in [6.07, 6.45) is 0.701. The van der Waals surface area contributed by atoms with E-state index in [1.165, 1.54) is 28.1 Å². The summed E-state index contributed by atoms with van der Waals surface area (Å²) in [6, 6.07) is 18.7. The molecule has 0 saturated carbocycles. The van der Waals surface area contributed by atoms with Gasteiger partial charge < -0.3 is 9.88 Å². The fraction of sp³-hybridized carbons (Fsp3) is 0.240. The minimum atomic E-state index is -0.0511. The molecule has 0 unspecified atom stereocenters. The Labute approximate surface area is 200 Å². The third-order valence-electron chi connectivity index (χ3n) is 5.43. The first-order valence-corrected chi connectivity index (χ1v) is 12.3. The van der Waals surface area contributed by atoms with E-state index in [0.29, 0.717) is 6.42 Å². The highest BCUT2D eigenvalue weighted by atomic mass is 79.9. The van der Waals surface area contributed by atoms with Crippen LogP contribution in [0.1, 0.15) is 29.4 Å². The number of carbonyl (C=O) groups excluding carboxylic acids is 1. The predicted octanol–water partition coefficient (Wildman–Crippen LogP) is 6.15. The highest BCUT2D eigenvalue weighted by Crippen LogP contribution is 2.26. The molecular weight excluding hydrogens is 484 g/mol. The van der Waals surface area contributed by atoms with Crippen LogP contribution in [0.4, 0.5) is 5.69 Å². The number of anilines is 1. The second-order valence-electron chi connectivity index (χ2n) is 7.71. The molecule has 7 heteroatoms. The lowest BCUT2D eigenvalue weighted by molar-refractivity contribution is -0.113. The molecule has 4 aromatic rings. The van der Waals surface area contributed by atoms with E-state index >= 15 is 0 Å². The Kier molecular flexibility index (Phi) is 6.96. The Morgan fingerprint density at radius 2 is 1.78 bits per heavy atom. The Morgan fingerprint density at radius 3 is 2.53 bits per heavy atom. The first-order valence-electron chi connectivity index (χ1n) is 10.5. The van der Waals surface area contributed by atoms with Gasteiger partial charge in [-0.25, -0.2) is 0 Å². The van der Waals surface area contributed by atoms with Gasteiger partial charge in [0.2, 0.25) is 5.91 Å². The normalized spacial score (nSPS) is 11.1. The number of fused-ring (bicyclic) bond motifs is 1. The van der Waals surface area contributed by atoms with E-state index in [4.69, 9.17) is 0 Å². The van der Waals surface area contributed by atoms with E-state index < -0.39 is 0 Å². The van der Waals surface area contributed by atoms with Gasteiger partial charge in [0.05, 0.1) is 5.75 Å². The van der Waals surface area contributed by atoms with Crippen LogP contribution < -0.4 is 5.32 Å². The number of hydrogen-bond donors (Lipinski definition) is 1. The molecule has 0 fully saturated rings. The van der Waals surface area contributed by atoms with E-state index in [1.807, 2.05) is 26.0 Å². The molecule has 0 saturated heterocycles. The summed E-state index contributed by atoms with van der Waals surface area (Å²) in [5, 5.41) is 15.1. The minimum absolute atomic E-state index is 0.0511. The third kappa shape index (κ3) is 4.89. The third-order valence-corrected chi connectivity index (χ3v) is 6.86. The average molecular weight is 509 g/mol. The summed E-state index contributed by atoms with van der Waals surface area (Å²) >= 11 is 4.91. The van der Waals surface area contributed by atoms with Crippen molar-refractivity contribution >= 4 is 50.1 Å². The number of nitrogens with zero attached hydrogens (tertiary/aromatic N) is 3. The molecule has 5 nitrogen and oxygen atoms in total. The van der Waals surface area contributed by atoms with Gasteiger partial charge in [-0.1, -0.05) is 70.2 Å². The van der Waals surface area contributed by atoms with Crippen molar-refractivity contribution in [1.82, 2.24) is 14.8 Å². The van der Waals surface area contributed by atoms with E-state index in [1.54, 1.807) is 0 Å². The maximum absolute atomic E-state index is 12.6. The lowest BCUT2D eigenvalue weighted by Crippen LogP contribution is -2.16. The van der Waals surface area contributed by atoms with Crippen molar-refractivity contribution < 1.29 is 4.79 Å². The van der Waals surface area contributed by atoms with Gasteiger partial charge >= 0.3 is 0 Å². The summed E-state index contributed by atoms with van der Waals surface area (Å²) in [5.41, 5.74) is 4.15. The molecule has 1 aromatic heterocycles. The number of benzene rings is 3. The summed E-state index contributed by atoms with van der Waals surface area (Å²) in [7, 11) is 0. The quantitative estimate of drug-likeness (QED) is 0.304. The SMILES string of the molecule is CCn1c(Cc2cccc3ccccc23)nnc1SCC(=O)Nc1c(C)cc(Br)cc1C. The van der Waals surface area contributed by atoms with Crippen molar-refractivity contribution in [2.75, 3.05) is 11.1 Å². The van der Waals surface area contributed by atoms with Crippen molar-refractivity contribution in [2.24, 2.45) is 0 Å². The molecule has 1 amide bonds. The molecular formula is C25H25BrN4OS. The fourth-order valence-corrected chi connectivity index (χ4v) is 5.41. The maximum atomic E-state index is 12.6. The van der Waals surface area contributed by atoms with E-state index in [2.05, 4.69) is 85.4 Å². The van der Waals surface area contributed by atoms with Gasteiger partial charge in [0.15, 0.2) is 5.16 Å². The molecule has 0 aliphatic heterocycles. The molecule has 0 aliphatic rings. The van der Waals surface area contributed by atoms with E-state index in [0.717, 1.165) is 38.8 Å². The first-order chi connectivity index (χ1) is 15.5. The first kappa shape index (κ1) is 22.6. The standard InChI is InChI=1S/C25H25BrN4OS/c1-4-30-22(14-19-10-7-9-18-8-5-6-11-21(18)19)28-29-25(30)32-15-23(31)27-24-16(2)12-20(26)13-17(24)3/h5-13H,4,14-15H2,1-3H3,(H,27,31).